The molecule has 0 aromatic rings. The molecule has 74 valence electrons. The lowest BCUT2D eigenvalue weighted by atomic mass is 10.2. The number of rotatable bonds is 7. The van der Waals surface area contributed by atoms with Crippen molar-refractivity contribution in [1.82, 2.24) is 0 Å². The first kappa shape index (κ1) is 11.9. The van der Waals surface area contributed by atoms with Crippen molar-refractivity contribution in [3.8, 4) is 0 Å². The van der Waals surface area contributed by atoms with Crippen molar-refractivity contribution in [2.75, 3.05) is 20.8 Å². The highest BCUT2D eigenvalue weighted by Gasteiger charge is 2.09. The summed E-state index contributed by atoms with van der Waals surface area (Å²) in [6, 6.07) is 0. The highest BCUT2D eigenvalue weighted by Crippen LogP contribution is 2.04. The van der Waals surface area contributed by atoms with E-state index in [4.69, 9.17) is 14.2 Å². The van der Waals surface area contributed by atoms with Gasteiger partial charge >= 0.3 is 0 Å². The fraction of sp³-hybridized carbons (Fsp3) is 1.00. The average molecular weight is 176 g/mol. The molecule has 0 unspecified atom stereocenters. The van der Waals surface area contributed by atoms with Crippen LogP contribution in [-0.4, -0.2) is 33.2 Å². The summed E-state index contributed by atoms with van der Waals surface area (Å²) >= 11 is 0. The van der Waals surface area contributed by atoms with Crippen LogP contribution in [0.15, 0.2) is 0 Å². The van der Waals surface area contributed by atoms with Crippen LogP contribution in [0.4, 0.5) is 0 Å². The van der Waals surface area contributed by atoms with Crippen LogP contribution >= 0.6 is 0 Å². The minimum absolute atomic E-state index is 0.231. The Labute approximate surface area is 75.0 Å². The van der Waals surface area contributed by atoms with Gasteiger partial charge in [0.25, 0.3) is 0 Å². The maximum absolute atomic E-state index is 5.53. The van der Waals surface area contributed by atoms with Gasteiger partial charge < -0.3 is 14.2 Å². The van der Waals surface area contributed by atoms with Gasteiger partial charge in [-0.05, 0) is 12.8 Å². The third kappa shape index (κ3) is 4.70. The van der Waals surface area contributed by atoms with E-state index in [1.807, 2.05) is 0 Å². The van der Waals surface area contributed by atoms with Crippen LogP contribution < -0.4 is 0 Å². The molecule has 0 atom stereocenters. The number of hydrogen-bond donors (Lipinski definition) is 0. The minimum Gasteiger partial charge on any atom is -0.373 e. The minimum atomic E-state index is -0.231. The van der Waals surface area contributed by atoms with Crippen LogP contribution in [0.5, 0.6) is 0 Å². The maximum Gasteiger partial charge on any atom is 0.180 e. The zero-order chi connectivity index (χ0) is 9.40. The fourth-order valence-electron chi connectivity index (χ4n) is 0.971. The molecule has 3 nitrogen and oxygen atoms in total. The van der Waals surface area contributed by atoms with Gasteiger partial charge in [-0.1, -0.05) is 13.8 Å². The van der Waals surface area contributed by atoms with Gasteiger partial charge in [-0.3, -0.25) is 0 Å². The Morgan fingerprint density at radius 1 is 1.00 bits per heavy atom. The Bertz CT molecular complexity index is 75.8. The SMILES string of the molecule is CCC(CC)OCC(OC)OC. The highest BCUT2D eigenvalue weighted by atomic mass is 16.7. The lowest BCUT2D eigenvalue weighted by Gasteiger charge is -2.18. The summed E-state index contributed by atoms with van der Waals surface area (Å²) in [6.07, 6.45) is 2.18. The lowest BCUT2D eigenvalue weighted by Crippen LogP contribution is -2.24. The molecule has 0 aliphatic rings. The van der Waals surface area contributed by atoms with Crippen molar-refractivity contribution in [1.29, 1.82) is 0 Å². The van der Waals surface area contributed by atoms with E-state index >= 15 is 0 Å². The second-order valence-electron chi connectivity index (χ2n) is 2.67. The smallest absolute Gasteiger partial charge is 0.180 e. The molecule has 0 amide bonds. The summed E-state index contributed by atoms with van der Waals surface area (Å²) in [6.45, 7) is 4.74. The molecule has 0 saturated heterocycles. The summed E-state index contributed by atoms with van der Waals surface area (Å²) in [4.78, 5) is 0. The third-order valence-corrected chi connectivity index (χ3v) is 1.90. The molecule has 3 heteroatoms. The first-order valence-corrected chi connectivity index (χ1v) is 4.45. The Hall–Kier alpha value is -0.120. The zero-order valence-electron chi connectivity index (χ0n) is 8.50. The second kappa shape index (κ2) is 7.53. The standard InChI is InChI=1S/C9H20O3/c1-5-8(6-2)12-7-9(10-3)11-4/h8-9H,5-7H2,1-4H3. The van der Waals surface area contributed by atoms with Crippen molar-refractivity contribution in [2.24, 2.45) is 0 Å². The number of ether oxygens (including phenoxy) is 3. The van der Waals surface area contributed by atoms with Gasteiger partial charge in [0, 0.05) is 14.2 Å². The van der Waals surface area contributed by atoms with E-state index in [1.165, 1.54) is 0 Å². The average Bonchev–Trinajstić information content (AvgIpc) is 2.13. The van der Waals surface area contributed by atoms with E-state index in [9.17, 15) is 0 Å². The summed E-state index contributed by atoms with van der Waals surface area (Å²) in [5.74, 6) is 0. The van der Waals surface area contributed by atoms with E-state index in [2.05, 4.69) is 13.8 Å². The lowest BCUT2D eigenvalue weighted by molar-refractivity contribution is -0.152. The Morgan fingerprint density at radius 3 is 1.83 bits per heavy atom. The Kier molecular flexibility index (Phi) is 7.45. The first-order valence-electron chi connectivity index (χ1n) is 4.45. The normalized spacial score (nSPS) is 11.5. The molecule has 0 N–H and O–H groups in total. The molecule has 0 bridgehead atoms. The van der Waals surface area contributed by atoms with Crippen LogP contribution in [0.1, 0.15) is 26.7 Å². The monoisotopic (exact) mass is 176 g/mol. The van der Waals surface area contributed by atoms with Crippen molar-refractivity contribution in [3.05, 3.63) is 0 Å². The molecule has 0 fully saturated rings. The van der Waals surface area contributed by atoms with Crippen LogP contribution in [0, 0.1) is 0 Å². The van der Waals surface area contributed by atoms with Gasteiger partial charge in [-0.2, -0.15) is 0 Å². The summed E-state index contributed by atoms with van der Waals surface area (Å²) in [7, 11) is 3.23. The summed E-state index contributed by atoms with van der Waals surface area (Å²) < 4.78 is 15.5. The molecule has 0 spiro atoms. The van der Waals surface area contributed by atoms with Gasteiger partial charge in [0.05, 0.1) is 12.7 Å². The zero-order valence-corrected chi connectivity index (χ0v) is 8.50. The van der Waals surface area contributed by atoms with Gasteiger partial charge in [-0.25, -0.2) is 0 Å². The van der Waals surface area contributed by atoms with Crippen molar-refractivity contribution >= 4 is 0 Å². The number of hydrogen-bond acceptors (Lipinski definition) is 3. The van der Waals surface area contributed by atoms with E-state index in [1.54, 1.807) is 14.2 Å². The molecule has 0 aromatic carbocycles. The highest BCUT2D eigenvalue weighted by molar-refractivity contribution is 4.51. The van der Waals surface area contributed by atoms with Gasteiger partial charge in [0.1, 0.15) is 0 Å². The molecule has 0 saturated carbocycles. The van der Waals surface area contributed by atoms with Crippen molar-refractivity contribution < 1.29 is 14.2 Å². The predicted octanol–water partition coefficient (Wildman–Crippen LogP) is 1.81. The molecule has 0 heterocycles. The van der Waals surface area contributed by atoms with Gasteiger partial charge in [-0.15, -0.1) is 0 Å². The molecule has 0 aromatic heterocycles. The Morgan fingerprint density at radius 2 is 1.50 bits per heavy atom. The Balaban J connectivity index is 3.49. The van der Waals surface area contributed by atoms with Crippen LogP contribution in [0.2, 0.25) is 0 Å². The number of methoxy groups -OCH3 is 2. The molecule has 0 aliphatic carbocycles. The van der Waals surface area contributed by atoms with Crippen molar-refractivity contribution in [2.45, 2.75) is 39.1 Å². The van der Waals surface area contributed by atoms with E-state index in [-0.39, 0.29) is 6.29 Å². The van der Waals surface area contributed by atoms with E-state index in [0.717, 1.165) is 12.8 Å². The predicted molar refractivity (Wildman–Crippen MR) is 48.1 cm³/mol. The molecular weight excluding hydrogens is 156 g/mol. The van der Waals surface area contributed by atoms with Crippen LogP contribution in [-0.2, 0) is 14.2 Å². The van der Waals surface area contributed by atoms with Crippen LogP contribution in [0.3, 0.4) is 0 Å². The first-order chi connectivity index (χ1) is 5.78. The summed E-state index contributed by atoms with van der Waals surface area (Å²) in [5.41, 5.74) is 0. The van der Waals surface area contributed by atoms with Gasteiger partial charge in [0.15, 0.2) is 6.29 Å². The molecular formula is C9H20O3. The molecule has 0 radical (unpaired) electrons. The summed E-state index contributed by atoms with van der Waals surface area (Å²) in [5, 5.41) is 0. The quantitative estimate of drug-likeness (QED) is 0.554. The topological polar surface area (TPSA) is 27.7 Å². The second-order valence-corrected chi connectivity index (χ2v) is 2.67. The third-order valence-electron chi connectivity index (χ3n) is 1.90. The van der Waals surface area contributed by atoms with Crippen LogP contribution in [0.25, 0.3) is 0 Å². The van der Waals surface area contributed by atoms with E-state index < -0.39 is 0 Å². The largest absolute Gasteiger partial charge is 0.373 e. The molecule has 0 aliphatic heterocycles. The molecule has 0 rings (SSSR count). The van der Waals surface area contributed by atoms with E-state index in [0.29, 0.717) is 12.7 Å². The van der Waals surface area contributed by atoms with Gasteiger partial charge in [0.2, 0.25) is 0 Å². The maximum atomic E-state index is 5.53. The fourth-order valence-corrected chi connectivity index (χ4v) is 0.971. The van der Waals surface area contributed by atoms with Crippen molar-refractivity contribution in [3.63, 3.8) is 0 Å². The molecule has 12 heavy (non-hydrogen) atoms.